The maximum absolute atomic E-state index is 5.90. The van der Waals surface area contributed by atoms with Crippen LogP contribution in [0.2, 0.25) is 5.02 Å². The van der Waals surface area contributed by atoms with E-state index >= 15 is 0 Å². The average molecular weight is 263 g/mol. The smallest absolute Gasteiger partial charge is 0.0406 e. The molecule has 0 spiro atoms. The number of benzene rings is 1. The van der Waals surface area contributed by atoms with E-state index in [9.17, 15) is 0 Å². The fourth-order valence-electron chi connectivity index (χ4n) is 2.03. The standard InChI is InChI=1S/C15H15ClS/c1-9-11(3)17-12(4)15(9)10(2)13-5-7-14(16)8-6-13/h5-8H,2H2,1,3-4H3. The van der Waals surface area contributed by atoms with Gasteiger partial charge >= 0.3 is 0 Å². The first-order valence-electron chi connectivity index (χ1n) is 5.52. The van der Waals surface area contributed by atoms with Crippen molar-refractivity contribution in [3.05, 3.63) is 62.3 Å². The largest absolute Gasteiger partial charge is 0.145 e. The Morgan fingerprint density at radius 3 is 2.12 bits per heavy atom. The number of rotatable bonds is 2. The number of aryl methyl sites for hydroxylation is 2. The third-order valence-corrected chi connectivity index (χ3v) is 4.43. The predicted octanol–water partition coefficient (Wildman–Crippen LogP) is 5.39. The van der Waals surface area contributed by atoms with Gasteiger partial charge in [-0.05, 0) is 55.2 Å². The maximum atomic E-state index is 5.90. The van der Waals surface area contributed by atoms with Crippen molar-refractivity contribution < 1.29 is 0 Å². The molecule has 1 heterocycles. The summed E-state index contributed by atoms with van der Waals surface area (Å²) in [6, 6.07) is 7.87. The number of hydrogen-bond acceptors (Lipinski definition) is 1. The summed E-state index contributed by atoms with van der Waals surface area (Å²) in [5.41, 5.74) is 4.85. The van der Waals surface area contributed by atoms with Gasteiger partial charge in [-0.1, -0.05) is 30.3 Å². The van der Waals surface area contributed by atoms with Crippen molar-refractivity contribution in [3.8, 4) is 0 Å². The van der Waals surface area contributed by atoms with Gasteiger partial charge in [-0.25, -0.2) is 0 Å². The van der Waals surface area contributed by atoms with E-state index in [1.165, 1.54) is 20.9 Å². The summed E-state index contributed by atoms with van der Waals surface area (Å²) in [7, 11) is 0. The van der Waals surface area contributed by atoms with E-state index in [4.69, 9.17) is 11.6 Å². The normalized spacial score (nSPS) is 10.6. The minimum atomic E-state index is 0.761. The van der Waals surface area contributed by atoms with Crippen LogP contribution in [-0.4, -0.2) is 0 Å². The fourth-order valence-corrected chi connectivity index (χ4v) is 3.25. The zero-order valence-electron chi connectivity index (χ0n) is 10.3. The fraction of sp³-hybridized carbons (Fsp3) is 0.200. The van der Waals surface area contributed by atoms with Crippen LogP contribution in [0.5, 0.6) is 0 Å². The van der Waals surface area contributed by atoms with Gasteiger partial charge in [0.2, 0.25) is 0 Å². The summed E-state index contributed by atoms with van der Waals surface area (Å²) in [6.07, 6.45) is 0. The molecule has 2 heteroatoms. The van der Waals surface area contributed by atoms with E-state index in [1.54, 1.807) is 0 Å². The molecule has 0 aliphatic carbocycles. The summed E-state index contributed by atoms with van der Waals surface area (Å²) in [5.74, 6) is 0. The van der Waals surface area contributed by atoms with Gasteiger partial charge < -0.3 is 0 Å². The molecule has 0 unspecified atom stereocenters. The van der Waals surface area contributed by atoms with Gasteiger partial charge in [0.25, 0.3) is 0 Å². The Hall–Kier alpha value is -1.05. The zero-order valence-corrected chi connectivity index (χ0v) is 11.9. The SMILES string of the molecule is C=C(c1ccc(Cl)cc1)c1c(C)sc(C)c1C. The van der Waals surface area contributed by atoms with Gasteiger partial charge in [0.15, 0.2) is 0 Å². The second-order valence-electron chi connectivity index (χ2n) is 4.20. The summed E-state index contributed by atoms with van der Waals surface area (Å²) in [5, 5.41) is 0.761. The zero-order chi connectivity index (χ0) is 12.6. The van der Waals surface area contributed by atoms with Crippen molar-refractivity contribution in [2.45, 2.75) is 20.8 Å². The summed E-state index contributed by atoms with van der Waals surface area (Å²) >= 11 is 7.74. The lowest BCUT2D eigenvalue weighted by Gasteiger charge is -2.08. The van der Waals surface area contributed by atoms with Crippen LogP contribution in [-0.2, 0) is 0 Å². The minimum Gasteiger partial charge on any atom is -0.145 e. The molecule has 0 amide bonds. The Morgan fingerprint density at radius 1 is 1.06 bits per heavy atom. The van der Waals surface area contributed by atoms with Crippen molar-refractivity contribution in [2.24, 2.45) is 0 Å². The topological polar surface area (TPSA) is 0 Å². The average Bonchev–Trinajstić information content (AvgIpc) is 2.53. The highest BCUT2D eigenvalue weighted by atomic mass is 35.5. The Bertz CT molecular complexity index is 561. The van der Waals surface area contributed by atoms with Crippen molar-refractivity contribution >= 4 is 28.5 Å². The van der Waals surface area contributed by atoms with Crippen LogP contribution in [0.15, 0.2) is 30.8 Å². The lowest BCUT2D eigenvalue weighted by molar-refractivity contribution is 1.38. The Labute approximate surface area is 112 Å². The molecule has 0 saturated heterocycles. The number of halogens is 1. The van der Waals surface area contributed by atoms with Gasteiger partial charge in [0.1, 0.15) is 0 Å². The first-order valence-corrected chi connectivity index (χ1v) is 6.72. The molecule has 0 nitrogen and oxygen atoms in total. The highest BCUT2D eigenvalue weighted by Gasteiger charge is 2.13. The van der Waals surface area contributed by atoms with Crippen LogP contribution in [0, 0.1) is 20.8 Å². The maximum Gasteiger partial charge on any atom is 0.0406 e. The second kappa shape index (κ2) is 4.67. The number of hydrogen-bond donors (Lipinski definition) is 0. The van der Waals surface area contributed by atoms with E-state index in [-0.39, 0.29) is 0 Å². The molecule has 0 aliphatic rings. The molecule has 2 rings (SSSR count). The molecule has 0 bridgehead atoms. The van der Waals surface area contributed by atoms with Gasteiger partial charge in [0, 0.05) is 14.8 Å². The van der Waals surface area contributed by atoms with Crippen LogP contribution in [0.3, 0.4) is 0 Å². The highest BCUT2D eigenvalue weighted by molar-refractivity contribution is 7.12. The van der Waals surface area contributed by atoms with Crippen LogP contribution >= 0.6 is 22.9 Å². The third kappa shape index (κ3) is 2.31. The second-order valence-corrected chi connectivity index (χ2v) is 6.07. The third-order valence-electron chi connectivity index (χ3n) is 3.06. The van der Waals surface area contributed by atoms with Crippen LogP contribution in [0.4, 0.5) is 0 Å². The minimum absolute atomic E-state index is 0.761. The van der Waals surface area contributed by atoms with Gasteiger partial charge in [0.05, 0.1) is 0 Å². The summed E-state index contributed by atoms with van der Waals surface area (Å²) in [6.45, 7) is 10.7. The van der Waals surface area contributed by atoms with Crippen molar-refractivity contribution in [1.29, 1.82) is 0 Å². The van der Waals surface area contributed by atoms with E-state index in [0.717, 1.165) is 16.2 Å². The van der Waals surface area contributed by atoms with Crippen LogP contribution in [0.25, 0.3) is 5.57 Å². The predicted molar refractivity (Wildman–Crippen MR) is 78.1 cm³/mol. The first kappa shape index (κ1) is 12.4. The molecule has 88 valence electrons. The highest BCUT2D eigenvalue weighted by Crippen LogP contribution is 2.34. The Balaban J connectivity index is 2.47. The Kier molecular flexibility index (Phi) is 3.41. The molecular weight excluding hydrogens is 248 g/mol. The molecule has 17 heavy (non-hydrogen) atoms. The van der Waals surface area contributed by atoms with Crippen molar-refractivity contribution in [1.82, 2.24) is 0 Å². The molecule has 0 fully saturated rings. The van der Waals surface area contributed by atoms with E-state index in [1.807, 2.05) is 35.6 Å². The number of thiophene rings is 1. The lowest BCUT2D eigenvalue weighted by atomic mass is 9.96. The molecule has 1 aromatic heterocycles. The van der Waals surface area contributed by atoms with E-state index in [2.05, 4.69) is 27.4 Å². The Morgan fingerprint density at radius 2 is 1.65 bits per heavy atom. The molecule has 0 saturated carbocycles. The molecule has 2 aromatic rings. The monoisotopic (exact) mass is 262 g/mol. The summed E-state index contributed by atoms with van der Waals surface area (Å²) in [4.78, 5) is 2.70. The van der Waals surface area contributed by atoms with Gasteiger partial charge in [-0.2, -0.15) is 0 Å². The van der Waals surface area contributed by atoms with Gasteiger partial charge in [-0.15, -0.1) is 11.3 Å². The van der Waals surface area contributed by atoms with E-state index in [0.29, 0.717) is 0 Å². The molecular formula is C15H15ClS. The summed E-state index contributed by atoms with van der Waals surface area (Å²) < 4.78 is 0. The molecule has 0 radical (unpaired) electrons. The van der Waals surface area contributed by atoms with Crippen molar-refractivity contribution in [3.63, 3.8) is 0 Å². The van der Waals surface area contributed by atoms with Crippen LogP contribution in [0.1, 0.15) is 26.4 Å². The van der Waals surface area contributed by atoms with Gasteiger partial charge in [-0.3, -0.25) is 0 Å². The molecule has 1 aromatic carbocycles. The van der Waals surface area contributed by atoms with Crippen LogP contribution < -0.4 is 0 Å². The quantitative estimate of drug-likeness (QED) is 0.681. The van der Waals surface area contributed by atoms with E-state index < -0.39 is 0 Å². The first-order chi connectivity index (χ1) is 8.00. The molecule has 0 aliphatic heterocycles. The lowest BCUT2D eigenvalue weighted by Crippen LogP contribution is -1.89. The van der Waals surface area contributed by atoms with Crippen molar-refractivity contribution in [2.75, 3.05) is 0 Å². The molecule has 0 N–H and O–H groups in total. The molecule has 0 atom stereocenters.